The second-order valence-electron chi connectivity index (χ2n) is 6.88. The minimum absolute atomic E-state index is 0.497. The van der Waals surface area contributed by atoms with Crippen LogP contribution in [-0.2, 0) is 6.42 Å². The number of fused-ring (bicyclic) bond motifs is 1. The summed E-state index contributed by atoms with van der Waals surface area (Å²) in [5, 5.41) is 4.73. The molecule has 0 atom stereocenters. The van der Waals surface area contributed by atoms with Crippen molar-refractivity contribution in [1.29, 1.82) is 0 Å². The minimum atomic E-state index is 0.497. The van der Waals surface area contributed by atoms with Gasteiger partial charge in [0, 0.05) is 12.1 Å². The van der Waals surface area contributed by atoms with Crippen molar-refractivity contribution in [1.82, 2.24) is 5.01 Å². The molecule has 0 saturated carbocycles. The van der Waals surface area contributed by atoms with Gasteiger partial charge in [0.2, 0.25) is 0 Å². The van der Waals surface area contributed by atoms with Crippen molar-refractivity contribution in [3.63, 3.8) is 0 Å². The summed E-state index contributed by atoms with van der Waals surface area (Å²) in [6, 6.07) is 9.67. The summed E-state index contributed by atoms with van der Waals surface area (Å²) in [6.07, 6.45) is 2.63. The highest BCUT2D eigenvalue weighted by atomic mass is 16.5. The maximum absolute atomic E-state index is 11.6. The van der Waals surface area contributed by atoms with Crippen molar-refractivity contribution in [2.75, 3.05) is 33.0 Å². The van der Waals surface area contributed by atoms with E-state index in [9.17, 15) is 4.91 Å². The van der Waals surface area contributed by atoms with Crippen LogP contribution in [0.25, 0.3) is 11.8 Å². The molecule has 7 heteroatoms. The first-order chi connectivity index (χ1) is 15.1. The predicted octanol–water partition coefficient (Wildman–Crippen LogP) is 5.32. The van der Waals surface area contributed by atoms with E-state index in [1.807, 2.05) is 64.1 Å². The molecule has 0 bridgehead atoms. The van der Waals surface area contributed by atoms with Crippen LogP contribution in [0, 0.1) is 4.91 Å². The Morgan fingerprint density at radius 1 is 0.839 bits per heavy atom. The van der Waals surface area contributed by atoms with Gasteiger partial charge in [-0.2, -0.15) is 0 Å². The van der Waals surface area contributed by atoms with Crippen molar-refractivity contribution in [3.05, 3.63) is 51.9 Å². The molecule has 0 spiro atoms. The predicted molar refractivity (Wildman–Crippen MR) is 122 cm³/mol. The Kier molecular flexibility index (Phi) is 7.76. The first kappa shape index (κ1) is 22.5. The zero-order chi connectivity index (χ0) is 22.2. The van der Waals surface area contributed by atoms with Crippen LogP contribution in [0.5, 0.6) is 23.0 Å². The maximum Gasteiger partial charge on any atom is 0.161 e. The molecule has 1 aliphatic rings. The van der Waals surface area contributed by atoms with Crippen LogP contribution in [0.2, 0.25) is 0 Å². The second kappa shape index (κ2) is 10.7. The quantitative estimate of drug-likeness (QED) is 0.479. The number of hydrogen-bond acceptors (Lipinski definition) is 6. The SMILES string of the molecule is CCOc1ccc(/C=C2\c3cc(OCC)c(OCC)cc3CCN2N=O)cc1OCC. The summed E-state index contributed by atoms with van der Waals surface area (Å²) < 4.78 is 23.0. The Labute approximate surface area is 183 Å². The van der Waals surface area contributed by atoms with Crippen LogP contribution >= 0.6 is 0 Å². The van der Waals surface area contributed by atoms with E-state index in [4.69, 9.17) is 18.9 Å². The van der Waals surface area contributed by atoms with E-state index in [-0.39, 0.29) is 0 Å². The van der Waals surface area contributed by atoms with Gasteiger partial charge in [-0.3, -0.25) is 0 Å². The van der Waals surface area contributed by atoms with Gasteiger partial charge in [0.05, 0.1) is 37.4 Å². The lowest BCUT2D eigenvalue weighted by atomic mass is 9.95. The molecular weight excluding hydrogens is 396 g/mol. The number of rotatable bonds is 10. The number of nitrogens with zero attached hydrogens (tertiary/aromatic N) is 2. The molecule has 0 N–H and O–H groups in total. The molecule has 2 aromatic rings. The first-order valence-electron chi connectivity index (χ1n) is 10.8. The minimum Gasteiger partial charge on any atom is -0.490 e. The summed E-state index contributed by atoms with van der Waals surface area (Å²) >= 11 is 0. The molecule has 0 unspecified atom stereocenters. The van der Waals surface area contributed by atoms with E-state index < -0.39 is 0 Å². The van der Waals surface area contributed by atoms with Crippen molar-refractivity contribution >= 4 is 11.8 Å². The topological polar surface area (TPSA) is 69.6 Å². The Morgan fingerprint density at radius 2 is 1.42 bits per heavy atom. The zero-order valence-electron chi connectivity index (χ0n) is 18.6. The lowest BCUT2D eigenvalue weighted by Gasteiger charge is -2.28. The Balaban J connectivity index is 2.09. The van der Waals surface area contributed by atoms with Gasteiger partial charge in [-0.15, -0.1) is 4.91 Å². The van der Waals surface area contributed by atoms with Crippen molar-refractivity contribution in [2.45, 2.75) is 34.1 Å². The van der Waals surface area contributed by atoms with Gasteiger partial charge in [-0.05, 0) is 75.6 Å². The zero-order valence-corrected chi connectivity index (χ0v) is 18.6. The highest BCUT2D eigenvalue weighted by molar-refractivity contribution is 5.84. The van der Waals surface area contributed by atoms with Crippen LogP contribution in [0.4, 0.5) is 0 Å². The van der Waals surface area contributed by atoms with E-state index in [0.29, 0.717) is 62.3 Å². The summed E-state index contributed by atoms with van der Waals surface area (Å²) in [4.78, 5) is 11.6. The smallest absolute Gasteiger partial charge is 0.161 e. The number of ether oxygens (including phenoxy) is 4. The maximum atomic E-state index is 11.6. The van der Waals surface area contributed by atoms with Crippen LogP contribution in [0.3, 0.4) is 0 Å². The lowest BCUT2D eigenvalue weighted by Crippen LogP contribution is -2.24. The van der Waals surface area contributed by atoms with Crippen LogP contribution in [-0.4, -0.2) is 38.0 Å². The van der Waals surface area contributed by atoms with Gasteiger partial charge in [0.15, 0.2) is 23.0 Å². The fourth-order valence-electron chi connectivity index (χ4n) is 3.62. The van der Waals surface area contributed by atoms with Gasteiger partial charge in [-0.25, -0.2) is 5.01 Å². The summed E-state index contributed by atoms with van der Waals surface area (Å²) in [6.45, 7) is 10.4. The third kappa shape index (κ3) is 5.10. The van der Waals surface area contributed by atoms with E-state index in [1.54, 1.807) is 0 Å². The van der Waals surface area contributed by atoms with Crippen LogP contribution in [0.15, 0.2) is 35.6 Å². The molecule has 3 rings (SSSR count). The van der Waals surface area contributed by atoms with Crippen molar-refractivity contribution in [3.8, 4) is 23.0 Å². The molecule has 0 radical (unpaired) electrons. The molecule has 0 amide bonds. The second-order valence-corrected chi connectivity index (χ2v) is 6.88. The molecule has 0 aromatic heterocycles. The highest BCUT2D eigenvalue weighted by Crippen LogP contribution is 2.39. The first-order valence-corrected chi connectivity index (χ1v) is 10.8. The average molecular weight is 427 g/mol. The monoisotopic (exact) mass is 426 g/mol. The normalized spacial score (nSPS) is 14.2. The van der Waals surface area contributed by atoms with Gasteiger partial charge in [0.25, 0.3) is 0 Å². The molecule has 31 heavy (non-hydrogen) atoms. The molecule has 7 nitrogen and oxygen atoms in total. The van der Waals surface area contributed by atoms with Crippen molar-refractivity contribution < 1.29 is 18.9 Å². The molecular formula is C24H30N2O5. The fraction of sp³-hybridized carbons (Fsp3) is 0.417. The Hall–Kier alpha value is -3.22. The largest absolute Gasteiger partial charge is 0.490 e. The Morgan fingerprint density at radius 3 is 2.03 bits per heavy atom. The standard InChI is InChI=1S/C24H30N2O5/c1-5-28-21-10-9-17(14-22(21)29-6-2)13-20-19-16-24(31-8-4)23(30-7-3)15-18(19)11-12-26(20)25-27/h9-10,13-16H,5-8,11-12H2,1-4H3/b20-13+. The van der Waals surface area contributed by atoms with Gasteiger partial charge in [0.1, 0.15) is 0 Å². The molecule has 2 aromatic carbocycles. The third-order valence-corrected chi connectivity index (χ3v) is 4.89. The van der Waals surface area contributed by atoms with E-state index in [0.717, 1.165) is 22.4 Å². The van der Waals surface area contributed by atoms with Gasteiger partial charge >= 0.3 is 0 Å². The van der Waals surface area contributed by atoms with E-state index >= 15 is 0 Å². The average Bonchev–Trinajstić information content (AvgIpc) is 2.77. The molecule has 1 aliphatic heterocycles. The number of hydrogen-bond donors (Lipinski definition) is 0. The van der Waals surface area contributed by atoms with Crippen LogP contribution < -0.4 is 18.9 Å². The number of benzene rings is 2. The Bertz CT molecular complexity index is 942. The fourth-order valence-corrected chi connectivity index (χ4v) is 3.62. The van der Waals surface area contributed by atoms with Gasteiger partial charge in [-0.1, -0.05) is 6.07 Å². The van der Waals surface area contributed by atoms with Crippen molar-refractivity contribution in [2.24, 2.45) is 5.29 Å². The number of nitroso groups, excluding NO2 is 1. The lowest BCUT2D eigenvalue weighted by molar-refractivity contribution is 0.286. The van der Waals surface area contributed by atoms with Gasteiger partial charge < -0.3 is 18.9 Å². The van der Waals surface area contributed by atoms with E-state index in [2.05, 4.69) is 5.29 Å². The molecule has 166 valence electrons. The highest BCUT2D eigenvalue weighted by Gasteiger charge is 2.25. The molecule has 0 saturated heterocycles. The summed E-state index contributed by atoms with van der Waals surface area (Å²) in [5.74, 6) is 2.74. The molecule has 0 fully saturated rings. The van der Waals surface area contributed by atoms with E-state index in [1.165, 1.54) is 5.01 Å². The summed E-state index contributed by atoms with van der Waals surface area (Å²) in [5.41, 5.74) is 3.60. The molecule has 1 heterocycles. The molecule has 0 aliphatic carbocycles. The third-order valence-electron chi connectivity index (χ3n) is 4.89. The summed E-state index contributed by atoms with van der Waals surface area (Å²) in [7, 11) is 0. The van der Waals surface area contributed by atoms with Crippen LogP contribution in [0.1, 0.15) is 44.4 Å².